The number of hydrogen-bond donors (Lipinski definition) is 1. The fourth-order valence-corrected chi connectivity index (χ4v) is 2.04. The zero-order chi connectivity index (χ0) is 11.5. The van der Waals surface area contributed by atoms with E-state index in [0.717, 1.165) is 23.6 Å². The lowest BCUT2D eigenvalue weighted by Crippen LogP contribution is -2.17. The maximum atomic E-state index is 5.34. The van der Waals surface area contributed by atoms with Crippen LogP contribution < -0.4 is 14.8 Å². The van der Waals surface area contributed by atoms with Crippen LogP contribution in [0.5, 0.6) is 11.5 Å². The lowest BCUT2D eigenvalue weighted by molar-refractivity contribution is 0.174. The van der Waals surface area contributed by atoms with Gasteiger partial charge in [0, 0.05) is 17.8 Å². The van der Waals surface area contributed by atoms with Crippen molar-refractivity contribution < 1.29 is 9.47 Å². The number of ether oxygens (including phenoxy) is 2. The number of hydrogen-bond acceptors (Lipinski definition) is 3. The maximum absolute atomic E-state index is 5.34. The van der Waals surface area contributed by atoms with Gasteiger partial charge in [0.05, 0.1) is 0 Å². The molecule has 1 aromatic carbocycles. The summed E-state index contributed by atoms with van der Waals surface area (Å²) in [6.07, 6.45) is 1.16. The van der Waals surface area contributed by atoms with Crippen LogP contribution in [0.1, 0.15) is 27.2 Å². The van der Waals surface area contributed by atoms with E-state index in [-0.39, 0.29) is 0 Å². The summed E-state index contributed by atoms with van der Waals surface area (Å²) in [4.78, 5) is 0. The van der Waals surface area contributed by atoms with Crippen LogP contribution in [0.25, 0.3) is 0 Å². The summed E-state index contributed by atoms with van der Waals surface area (Å²) in [5, 5.41) is 3.47. The van der Waals surface area contributed by atoms with Gasteiger partial charge >= 0.3 is 0 Å². The van der Waals surface area contributed by atoms with Crippen molar-refractivity contribution in [3.63, 3.8) is 0 Å². The van der Waals surface area contributed by atoms with Crippen LogP contribution in [0, 0.1) is 5.92 Å². The van der Waals surface area contributed by atoms with Crippen molar-refractivity contribution in [2.24, 2.45) is 5.92 Å². The molecule has 1 atom stereocenters. The zero-order valence-electron chi connectivity index (χ0n) is 10.1. The standard InChI is InChI=1S/C13H19NO2/c1-9(2)6-10(3)14-11-4-5-12-13(7-11)16-8-15-12/h4-5,7,9-10,14H,6,8H2,1-3H3. The van der Waals surface area contributed by atoms with E-state index in [9.17, 15) is 0 Å². The van der Waals surface area contributed by atoms with Crippen LogP contribution in [0.15, 0.2) is 18.2 Å². The molecule has 1 aliphatic rings. The molecule has 1 unspecified atom stereocenters. The zero-order valence-corrected chi connectivity index (χ0v) is 10.1. The molecule has 2 rings (SSSR count). The van der Waals surface area contributed by atoms with Gasteiger partial charge in [-0.15, -0.1) is 0 Å². The highest BCUT2D eigenvalue weighted by molar-refractivity contribution is 5.55. The average molecular weight is 221 g/mol. The Morgan fingerprint density at radius 2 is 1.94 bits per heavy atom. The monoisotopic (exact) mass is 221 g/mol. The highest BCUT2D eigenvalue weighted by Gasteiger charge is 2.14. The number of anilines is 1. The van der Waals surface area contributed by atoms with Crippen molar-refractivity contribution in [3.05, 3.63) is 18.2 Å². The Bertz CT molecular complexity index is 363. The molecular formula is C13H19NO2. The molecule has 0 saturated carbocycles. The Morgan fingerprint density at radius 1 is 1.19 bits per heavy atom. The van der Waals surface area contributed by atoms with Crippen LogP contribution in [0.3, 0.4) is 0 Å². The Morgan fingerprint density at radius 3 is 2.69 bits per heavy atom. The van der Waals surface area contributed by atoms with Gasteiger partial charge in [-0.3, -0.25) is 0 Å². The van der Waals surface area contributed by atoms with Crippen molar-refractivity contribution in [1.82, 2.24) is 0 Å². The topological polar surface area (TPSA) is 30.5 Å². The highest BCUT2D eigenvalue weighted by Crippen LogP contribution is 2.34. The summed E-state index contributed by atoms with van der Waals surface area (Å²) in [5.41, 5.74) is 1.09. The van der Waals surface area contributed by atoms with E-state index >= 15 is 0 Å². The molecular weight excluding hydrogens is 202 g/mol. The SMILES string of the molecule is CC(C)CC(C)Nc1ccc2c(c1)OCO2. The van der Waals surface area contributed by atoms with Gasteiger partial charge in [0.15, 0.2) is 11.5 Å². The lowest BCUT2D eigenvalue weighted by Gasteiger charge is -2.17. The Kier molecular flexibility index (Phi) is 3.22. The molecule has 0 spiro atoms. The molecule has 3 nitrogen and oxygen atoms in total. The number of benzene rings is 1. The smallest absolute Gasteiger partial charge is 0.231 e. The molecule has 0 radical (unpaired) electrons. The molecule has 16 heavy (non-hydrogen) atoms. The van der Waals surface area contributed by atoms with Gasteiger partial charge < -0.3 is 14.8 Å². The third-order valence-corrected chi connectivity index (χ3v) is 2.61. The minimum Gasteiger partial charge on any atom is -0.454 e. The summed E-state index contributed by atoms with van der Waals surface area (Å²) in [7, 11) is 0. The highest BCUT2D eigenvalue weighted by atomic mass is 16.7. The first-order chi connectivity index (χ1) is 7.65. The molecule has 1 aliphatic heterocycles. The summed E-state index contributed by atoms with van der Waals surface area (Å²) in [6, 6.07) is 6.45. The molecule has 0 saturated heterocycles. The summed E-state index contributed by atoms with van der Waals surface area (Å²) in [6.45, 7) is 7.00. The van der Waals surface area contributed by atoms with Gasteiger partial charge in [0.2, 0.25) is 6.79 Å². The Labute approximate surface area is 96.8 Å². The summed E-state index contributed by atoms with van der Waals surface area (Å²) in [5.74, 6) is 2.38. The first kappa shape index (κ1) is 11.1. The van der Waals surface area contributed by atoms with E-state index < -0.39 is 0 Å². The van der Waals surface area contributed by atoms with Gasteiger partial charge in [-0.25, -0.2) is 0 Å². The minimum atomic E-state index is 0.334. The second-order valence-corrected chi connectivity index (χ2v) is 4.74. The maximum Gasteiger partial charge on any atom is 0.231 e. The van der Waals surface area contributed by atoms with Gasteiger partial charge in [-0.05, 0) is 31.4 Å². The van der Waals surface area contributed by atoms with Crippen LogP contribution >= 0.6 is 0 Å². The summed E-state index contributed by atoms with van der Waals surface area (Å²) >= 11 is 0. The van der Waals surface area contributed by atoms with E-state index in [4.69, 9.17) is 9.47 Å². The predicted molar refractivity (Wildman–Crippen MR) is 65.1 cm³/mol. The van der Waals surface area contributed by atoms with Gasteiger partial charge in [-0.2, -0.15) is 0 Å². The Hall–Kier alpha value is -1.38. The minimum absolute atomic E-state index is 0.334. The lowest BCUT2D eigenvalue weighted by atomic mass is 10.1. The first-order valence-electron chi connectivity index (χ1n) is 5.81. The molecule has 3 heteroatoms. The van der Waals surface area contributed by atoms with Crippen LogP contribution in [0.2, 0.25) is 0 Å². The predicted octanol–water partition coefficient (Wildman–Crippen LogP) is 3.26. The number of rotatable bonds is 4. The van der Waals surface area contributed by atoms with Gasteiger partial charge in [-0.1, -0.05) is 13.8 Å². The van der Waals surface area contributed by atoms with E-state index in [1.807, 2.05) is 18.2 Å². The molecule has 1 N–H and O–H groups in total. The van der Waals surface area contributed by atoms with E-state index in [1.165, 1.54) is 0 Å². The fourth-order valence-electron chi connectivity index (χ4n) is 2.04. The van der Waals surface area contributed by atoms with E-state index in [0.29, 0.717) is 18.8 Å². The van der Waals surface area contributed by atoms with Gasteiger partial charge in [0.1, 0.15) is 0 Å². The molecule has 0 aromatic heterocycles. The van der Waals surface area contributed by atoms with Crippen molar-refractivity contribution in [2.45, 2.75) is 33.2 Å². The van der Waals surface area contributed by atoms with E-state index in [1.54, 1.807) is 0 Å². The van der Waals surface area contributed by atoms with Crippen LogP contribution in [-0.4, -0.2) is 12.8 Å². The van der Waals surface area contributed by atoms with Crippen molar-refractivity contribution in [3.8, 4) is 11.5 Å². The largest absolute Gasteiger partial charge is 0.454 e. The number of nitrogens with one attached hydrogen (secondary N) is 1. The normalized spacial score (nSPS) is 15.2. The molecule has 88 valence electrons. The molecule has 0 amide bonds. The second-order valence-electron chi connectivity index (χ2n) is 4.74. The third kappa shape index (κ3) is 2.60. The van der Waals surface area contributed by atoms with Gasteiger partial charge in [0.25, 0.3) is 0 Å². The first-order valence-corrected chi connectivity index (χ1v) is 5.81. The number of fused-ring (bicyclic) bond motifs is 1. The quantitative estimate of drug-likeness (QED) is 0.846. The van der Waals surface area contributed by atoms with Crippen molar-refractivity contribution in [2.75, 3.05) is 12.1 Å². The molecule has 0 aliphatic carbocycles. The Balaban J connectivity index is 1.99. The fraction of sp³-hybridized carbons (Fsp3) is 0.538. The molecule has 1 heterocycles. The second kappa shape index (κ2) is 4.64. The third-order valence-electron chi connectivity index (χ3n) is 2.61. The molecule has 0 bridgehead atoms. The molecule has 1 aromatic rings. The van der Waals surface area contributed by atoms with Crippen LogP contribution in [-0.2, 0) is 0 Å². The van der Waals surface area contributed by atoms with E-state index in [2.05, 4.69) is 26.1 Å². The van der Waals surface area contributed by atoms with Crippen LogP contribution in [0.4, 0.5) is 5.69 Å². The van der Waals surface area contributed by atoms with Crippen molar-refractivity contribution >= 4 is 5.69 Å². The average Bonchev–Trinajstić information content (AvgIpc) is 2.63. The molecule has 0 fully saturated rings. The summed E-state index contributed by atoms with van der Waals surface area (Å²) < 4.78 is 10.6. The van der Waals surface area contributed by atoms with Crippen molar-refractivity contribution in [1.29, 1.82) is 0 Å².